The first kappa shape index (κ1) is 9.90. The summed E-state index contributed by atoms with van der Waals surface area (Å²) in [6.45, 7) is 4.42. The zero-order valence-electron chi connectivity index (χ0n) is 8.59. The highest BCUT2D eigenvalue weighted by molar-refractivity contribution is 5.66. The molecule has 2 heteroatoms. The first-order valence-electron chi connectivity index (χ1n) is 4.69. The molecule has 0 aromatic heterocycles. The fourth-order valence-electron chi connectivity index (χ4n) is 1.44. The zero-order valence-corrected chi connectivity index (χ0v) is 8.59. The molecule has 0 aliphatic carbocycles. The van der Waals surface area contributed by atoms with Crippen LogP contribution in [-0.4, -0.2) is 7.05 Å². The molecule has 1 rings (SSSR count). The number of anilines is 2. The van der Waals surface area contributed by atoms with Crippen LogP contribution in [0.3, 0.4) is 0 Å². The van der Waals surface area contributed by atoms with Gasteiger partial charge in [-0.15, -0.1) is 0 Å². The van der Waals surface area contributed by atoms with Crippen molar-refractivity contribution in [3.63, 3.8) is 0 Å². The van der Waals surface area contributed by atoms with Gasteiger partial charge in [0.2, 0.25) is 0 Å². The van der Waals surface area contributed by atoms with E-state index in [1.165, 1.54) is 5.56 Å². The summed E-state index contributed by atoms with van der Waals surface area (Å²) in [5.74, 6) is 0.680. The molecule has 13 heavy (non-hydrogen) atoms. The second-order valence-electron chi connectivity index (χ2n) is 3.77. The summed E-state index contributed by atoms with van der Waals surface area (Å²) in [5.41, 5.74) is 9.00. The molecule has 0 saturated heterocycles. The third-order valence-corrected chi connectivity index (χ3v) is 2.03. The molecular weight excluding hydrogens is 160 g/mol. The first-order valence-corrected chi connectivity index (χ1v) is 4.69. The van der Waals surface area contributed by atoms with Gasteiger partial charge < -0.3 is 11.1 Å². The van der Waals surface area contributed by atoms with E-state index in [1.807, 2.05) is 19.2 Å². The molecule has 0 radical (unpaired) electrons. The van der Waals surface area contributed by atoms with E-state index in [-0.39, 0.29) is 0 Å². The van der Waals surface area contributed by atoms with Crippen LogP contribution in [0.2, 0.25) is 0 Å². The summed E-state index contributed by atoms with van der Waals surface area (Å²) in [5, 5.41) is 3.05. The summed E-state index contributed by atoms with van der Waals surface area (Å²) in [7, 11) is 1.88. The highest BCUT2D eigenvalue weighted by Crippen LogP contribution is 2.20. The molecule has 2 nitrogen and oxygen atoms in total. The lowest BCUT2D eigenvalue weighted by Gasteiger charge is -2.09. The molecule has 3 N–H and O–H groups in total. The van der Waals surface area contributed by atoms with Crippen LogP contribution in [0, 0.1) is 5.92 Å². The third-order valence-electron chi connectivity index (χ3n) is 2.03. The Morgan fingerprint density at radius 3 is 2.54 bits per heavy atom. The van der Waals surface area contributed by atoms with Crippen molar-refractivity contribution in [1.29, 1.82) is 0 Å². The van der Waals surface area contributed by atoms with Gasteiger partial charge in [-0.25, -0.2) is 0 Å². The average molecular weight is 178 g/mol. The maximum Gasteiger partial charge on any atom is 0.0571 e. The summed E-state index contributed by atoms with van der Waals surface area (Å²) in [6, 6.07) is 6.21. The maximum atomic E-state index is 5.85. The Labute approximate surface area is 80.1 Å². The van der Waals surface area contributed by atoms with E-state index in [2.05, 4.69) is 25.2 Å². The normalized spacial score (nSPS) is 10.5. The van der Waals surface area contributed by atoms with E-state index in [4.69, 9.17) is 5.73 Å². The molecule has 0 fully saturated rings. The fraction of sp³-hybridized carbons (Fsp3) is 0.455. The molecular formula is C11H18N2. The minimum Gasteiger partial charge on any atom is -0.397 e. The molecule has 1 aromatic rings. The predicted molar refractivity (Wildman–Crippen MR) is 58.9 cm³/mol. The molecule has 0 heterocycles. The molecule has 0 saturated carbocycles. The Kier molecular flexibility index (Phi) is 3.18. The number of nitrogen functional groups attached to an aromatic ring is 1. The molecule has 1 aromatic carbocycles. The summed E-state index contributed by atoms with van der Waals surface area (Å²) >= 11 is 0. The van der Waals surface area contributed by atoms with E-state index in [1.54, 1.807) is 0 Å². The van der Waals surface area contributed by atoms with Gasteiger partial charge in [0.25, 0.3) is 0 Å². The number of hydrogen-bond acceptors (Lipinski definition) is 2. The van der Waals surface area contributed by atoms with Crippen LogP contribution in [0.25, 0.3) is 0 Å². The van der Waals surface area contributed by atoms with E-state index in [0.717, 1.165) is 17.8 Å². The van der Waals surface area contributed by atoms with Crippen LogP contribution in [0.1, 0.15) is 19.4 Å². The van der Waals surface area contributed by atoms with Crippen LogP contribution in [0.15, 0.2) is 18.2 Å². The van der Waals surface area contributed by atoms with Gasteiger partial charge in [0.15, 0.2) is 0 Å². The molecule has 0 bridgehead atoms. The van der Waals surface area contributed by atoms with Crippen molar-refractivity contribution < 1.29 is 0 Å². The molecule has 72 valence electrons. The molecule has 0 unspecified atom stereocenters. The zero-order chi connectivity index (χ0) is 9.84. The SMILES string of the molecule is CNc1ccc(CC(C)C)cc1N. The van der Waals surface area contributed by atoms with Crippen molar-refractivity contribution in [2.24, 2.45) is 5.92 Å². The minimum atomic E-state index is 0.680. The average Bonchev–Trinajstić information content (AvgIpc) is 2.03. The van der Waals surface area contributed by atoms with Crippen molar-refractivity contribution in [1.82, 2.24) is 0 Å². The second kappa shape index (κ2) is 4.17. The number of nitrogens with one attached hydrogen (secondary N) is 1. The van der Waals surface area contributed by atoms with Crippen molar-refractivity contribution in [3.05, 3.63) is 23.8 Å². The first-order chi connectivity index (χ1) is 6.13. The smallest absolute Gasteiger partial charge is 0.0571 e. The second-order valence-corrected chi connectivity index (χ2v) is 3.77. The van der Waals surface area contributed by atoms with Gasteiger partial charge in [-0.3, -0.25) is 0 Å². The van der Waals surface area contributed by atoms with Gasteiger partial charge in [-0.2, -0.15) is 0 Å². The van der Waals surface area contributed by atoms with E-state index in [0.29, 0.717) is 5.92 Å². The van der Waals surface area contributed by atoms with E-state index in [9.17, 15) is 0 Å². The van der Waals surface area contributed by atoms with Gasteiger partial charge in [0, 0.05) is 7.05 Å². The number of benzene rings is 1. The molecule has 0 atom stereocenters. The number of rotatable bonds is 3. The van der Waals surface area contributed by atoms with Crippen LogP contribution in [0.5, 0.6) is 0 Å². The van der Waals surface area contributed by atoms with Gasteiger partial charge in [0.05, 0.1) is 11.4 Å². The molecule has 0 aliphatic rings. The molecule has 0 aliphatic heterocycles. The highest BCUT2D eigenvalue weighted by atomic mass is 14.8. The standard InChI is InChI=1S/C11H18N2/c1-8(2)6-9-4-5-11(13-3)10(12)7-9/h4-5,7-8,13H,6,12H2,1-3H3. The summed E-state index contributed by atoms with van der Waals surface area (Å²) in [6.07, 6.45) is 1.09. The summed E-state index contributed by atoms with van der Waals surface area (Å²) < 4.78 is 0. The third kappa shape index (κ3) is 2.65. The van der Waals surface area contributed by atoms with Crippen molar-refractivity contribution in [3.8, 4) is 0 Å². The Bertz CT molecular complexity index is 279. The largest absolute Gasteiger partial charge is 0.397 e. The Hall–Kier alpha value is -1.18. The lowest BCUT2D eigenvalue weighted by Crippen LogP contribution is -1.99. The van der Waals surface area contributed by atoms with Gasteiger partial charge in [0.1, 0.15) is 0 Å². The van der Waals surface area contributed by atoms with Gasteiger partial charge in [-0.1, -0.05) is 19.9 Å². The lowest BCUT2D eigenvalue weighted by atomic mass is 10.0. The van der Waals surface area contributed by atoms with Crippen molar-refractivity contribution >= 4 is 11.4 Å². The Morgan fingerprint density at radius 1 is 1.38 bits per heavy atom. The molecule has 0 spiro atoms. The van der Waals surface area contributed by atoms with Crippen LogP contribution in [-0.2, 0) is 6.42 Å². The lowest BCUT2D eigenvalue weighted by molar-refractivity contribution is 0.647. The van der Waals surface area contributed by atoms with Crippen molar-refractivity contribution in [2.45, 2.75) is 20.3 Å². The maximum absolute atomic E-state index is 5.85. The topological polar surface area (TPSA) is 38.0 Å². The summed E-state index contributed by atoms with van der Waals surface area (Å²) in [4.78, 5) is 0. The van der Waals surface area contributed by atoms with Crippen LogP contribution < -0.4 is 11.1 Å². The Morgan fingerprint density at radius 2 is 2.08 bits per heavy atom. The van der Waals surface area contributed by atoms with E-state index >= 15 is 0 Å². The quantitative estimate of drug-likeness (QED) is 0.698. The number of nitrogens with two attached hydrogens (primary N) is 1. The minimum absolute atomic E-state index is 0.680. The van der Waals surface area contributed by atoms with Gasteiger partial charge in [-0.05, 0) is 30.0 Å². The molecule has 0 amide bonds. The van der Waals surface area contributed by atoms with Crippen LogP contribution >= 0.6 is 0 Å². The number of hydrogen-bond donors (Lipinski definition) is 2. The highest BCUT2D eigenvalue weighted by Gasteiger charge is 2.00. The van der Waals surface area contributed by atoms with Gasteiger partial charge >= 0.3 is 0 Å². The fourth-order valence-corrected chi connectivity index (χ4v) is 1.44. The van der Waals surface area contributed by atoms with Crippen molar-refractivity contribution in [2.75, 3.05) is 18.1 Å². The van der Waals surface area contributed by atoms with Crippen LogP contribution in [0.4, 0.5) is 11.4 Å². The monoisotopic (exact) mass is 178 g/mol. The van der Waals surface area contributed by atoms with E-state index < -0.39 is 0 Å². The predicted octanol–water partition coefficient (Wildman–Crippen LogP) is 2.51. The Balaban J connectivity index is 2.83.